The Hall–Kier alpha value is -0.710. The van der Waals surface area contributed by atoms with Gasteiger partial charge in [-0.05, 0) is 22.9 Å². The van der Waals surface area contributed by atoms with Gasteiger partial charge in [-0.1, -0.05) is 26.0 Å². The fourth-order valence-corrected chi connectivity index (χ4v) is 2.23. The molecule has 0 aliphatic rings. The van der Waals surface area contributed by atoms with Gasteiger partial charge in [-0.15, -0.1) is 0 Å². The van der Waals surface area contributed by atoms with E-state index in [4.69, 9.17) is 10.6 Å². The first-order chi connectivity index (χ1) is 7.67. The molecule has 1 atom stereocenters. The van der Waals surface area contributed by atoms with E-state index in [0.717, 1.165) is 11.5 Å². The molecule has 0 bridgehead atoms. The minimum Gasteiger partial charge on any atom is -0.497 e. The molecule has 0 heterocycles. The zero-order valence-corrected chi connectivity index (χ0v) is 10.9. The SMILES string of the molecule is COc1ccc(C(CSC(C)C)NN)cc1. The van der Waals surface area contributed by atoms with Gasteiger partial charge in [0, 0.05) is 5.75 Å². The van der Waals surface area contributed by atoms with Crippen LogP contribution in [0.2, 0.25) is 0 Å². The first kappa shape index (κ1) is 13.4. The van der Waals surface area contributed by atoms with Crippen LogP contribution >= 0.6 is 11.8 Å². The zero-order valence-electron chi connectivity index (χ0n) is 10.1. The highest BCUT2D eigenvalue weighted by Gasteiger charge is 2.10. The fraction of sp³-hybridized carbons (Fsp3) is 0.500. The van der Waals surface area contributed by atoms with E-state index in [2.05, 4.69) is 19.3 Å². The lowest BCUT2D eigenvalue weighted by Gasteiger charge is -2.17. The van der Waals surface area contributed by atoms with Gasteiger partial charge in [-0.3, -0.25) is 11.3 Å². The van der Waals surface area contributed by atoms with Gasteiger partial charge in [0.2, 0.25) is 0 Å². The molecule has 0 aromatic heterocycles. The lowest BCUT2D eigenvalue weighted by molar-refractivity contribution is 0.414. The quantitative estimate of drug-likeness (QED) is 0.592. The van der Waals surface area contributed by atoms with Gasteiger partial charge in [0.25, 0.3) is 0 Å². The minimum absolute atomic E-state index is 0.193. The van der Waals surface area contributed by atoms with Crippen LogP contribution in [0.15, 0.2) is 24.3 Å². The maximum Gasteiger partial charge on any atom is 0.118 e. The van der Waals surface area contributed by atoms with Crippen LogP contribution in [0.3, 0.4) is 0 Å². The Kier molecular flexibility index (Phi) is 5.66. The van der Waals surface area contributed by atoms with Crippen molar-refractivity contribution in [1.29, 1.82) is 0 Å². The molecule has 0 spiro atoms. The summed E-state index contributed by atoms with van der Waals surface area (Å²) in [5, 5.41) is 0.620. The number of hydrogen-bond donors (Lipinski definition) is 2. The topological polar surface area (TPSA) is 47.3 Å². The van der Waals surface area contributed by atoms with Crippen molar-refractivity contribution in [2.24, 2.45) is 5.84 Å². The molecule has 0 fully saturated rings. The van der Waals surface area contributed by atoms with Gasteiger partial charge in [0.15, 0.2) is 0 Å². The van der Waals surface area contributed by atoms with Crippen LogP contribution < -0.4 is 16.0 Å². The van der Waals surface area contributed by atoms with E-state index in [-0.39, 0.29) is 6.04 Å². The third-order valence-corrected chi connectivity index (χ3v) is 3.51. The number of methoxy groups -OCH3 is 1. The average Bonchev–Trinajstić information content (AvgIpc) is 2.30. The summed E-state index contributed by atoms with van der Waals surface area (Å²) in [5.41, 5.74) is 4.04. The molecular weight excluding hydrogens is 220 g/mol. The predicted molar refractivity (Wildman–Crippen MR) is 70.7 cm³/mol. The molecule has 90 valence electrons. The smallest absolute Gasteiger partial charge is 0.118 e. The lowest BCUT2D eigenvalue weighted by atomic mass is 10.1. The molecule has 0 aliphatic carbocycles. The van der Waals surface area contributed by atoms with E-state index in [9.17, 15) is 0 Å². The van der Waals surface area contributed by atoms with Gasteiger partial charge < -0.3 is 4.74 Å². The number of ether oxygens (including phenoxy) is 1. The summed E-state index contributed by atoms with van der Waals surface area (Å²) < 4.78 is 5.12. The van der Waals surface area contributed by atoms with Crippen LogP contribution in [0.1, 0.15) is 25.5 Å². The van der Waals surface area contributed by atoms with Gasteiger partial charge in [0.05, 0.1) is 13.2 Å². The number of hydrogen-bond acceptors (Lipinski definition) is 4. The second kappa shape index (κ2) is 6.78. The standard InChI is InChI=1S/C12H20N2OS/c1-9(2)16-8-12(14-13)10-4-6-11(15-3)7-5-10/h4-7,9,12,14H,8,13H2,1-3H3. The van der Waals surface area contributed by atoms with Crippen LogP contribution in [0.5, 0.6) is 5.75 Å². The number of benzene rings is 1. The van der Waals surface area contributed by atoms with Crippen molar-refractivity contribution in [3.05, 3.63) is 29.8 Å². The van der Waals surface area contributed by atoms with Crippen LogP contribution in [0.4, 0.5) is 0 Å². The molecule has 1 unspecified atom stereocenters. The van der Waals surface area contributed by atoms with Gasteiger partial charge in [0.1, 0.15) is 5.75 Å². The second-order valence-electron chi connectivity index (χ2n) is 3.87. The Labute approximate surface area is 102 Å². The summed E-state index contributed by atoms with van der Waals surface area (Å²) >= 11 is 1.89. The Balaban J connectivity index is 2.63. The highest BCUT2D eigenvalue weighted by atomic mass is 32.2. The summed E-state index contributed by atoms with van der Waals surface area (Å²) in [6, 6.07) is 8.20. The predicted octanol–water partition coefficient (Wildman–Crippen LogP) is 2.34. The molecule has 0 amide bonds. The summed E-state index contributed by atoms with van der Waals surface area (Å²) in [6.07, 6.45) is 0. The van der Waals surface area contributed by atoms with Crippen LogP contribution in [-0.2, 0) is 0 Å². The van der Waals surface area contributed by atoms with Crippen LogP contribution in [0.25, 0.3) is 0 Å². The van der Waals surface area contributed by atoms with E-state index in [0.29, 0.717) is 5.25 Å². The minimum atomic E-state index is 0.193. The van der Waals surface area contributed by atoms with Crippen molar-refractivity contribution in [2.75, 3.05) is 12.9 Å². The monoisotopic (exact) mass is 240 g/mol. The molecule has 3 N–H and O–H groups in total. The summed E-state index contributed by atoms with van der Waals surface area (Å²) in [4.78, 5) is 0. The molecule has 0 aliphatic heterocycles. The third-order valence-electron chi connectivity index (χ3n) is 2.32. The molecule has 16 heavy (non-hydrogen) atoms. The summed E-state index contributed by atoms with van der Waals surface area (Å²) in [5.74, 6) is 7.41. The van der Waals surface area contributed by atoms with Crippen molar-refractivity contribution in [2.45, 2.75) is 25.1 Å². The Bertz CT molecular complexity index is 300. The summed E-state index contributed by atoms with van der Waals surface area (Å²) in [6.45, 7) is 4.37. The number of hydrazine groups is 1. The highest BCUT2D eigenvalue weighted by Crippen LogP contribution is 2.22. The number of nitrogens with one attached hydrogen (secondary N) is 1. The van der Waals surface area contributed by atoms with E-state index in [1.54, 1.807) is 7.11 Å². The van der Waals surface area contributed by atoms with E-state index < -0.39 is 0 Å². The maximum atomic E-state index is 5.57. The molecule has 0 radical (unpaired) electrons. The Morgan fingerprint density at radius 1 is 1.31 bits per heavy atom. The molecular formula is C12H20N2OS. The molecule has 0 saturated carbocycles. The van der Waals surface area contributed by atoms with Crippen molar-refractivity contribution in [3.63, 3.8) is 0 Å². The number of rotatable bonds is 6. The molecule has 3 nitrogen and oxygen atoms in total. The first-order valence-electron chi connectivity index (χ1n) is 5.39. The van der Waals surface area contributed by atoms with Crippen LogP contribution in [-0.4, -0.2) is 18.1 Å². The zero-order chi connectivity index (χ0) is 12.0. The second-order valence-corrected chi connectivity index (χ2v) is 5.48. The average molecular weight is 240 g/mol. The lowest BCUT2D eigenvalue weighted by Crippen LogP contribution is -2.30. The van der Waals surface area contributed by atoms with Crippen molar-refractivity contribution in [1.82, 2.24) is 5.43 Å². The van der Waals surface area contributed by atoms with Crippen molar-refractivity contribution < 1.29 is 4.74 Å². The van der Waals surface area contributed by atoms with Crippen LogP contribution in [0, 0.1) is 0 Å². The molecule has 0 saturated heterocycles. The molecule has 1 aromatic rings. The highest BCUT2D eigenvalue weighted by molar-refractivity contribution is 7.99. The molecule has 4 heteroatoms. The van der Waals surface area contributed by atoms with E-state index in [1.165, 1.54) is 5.56 Å². The molecule has 1 rings (SSSR count). The number of thioether (sulfide) groups is 1. The summed E-state index contributed by atoms with van der Waals surface area (Å²) in [7, 11) is 1.67. The number of nitrogens with two attached hydrogens (primary N) is 1. The maximum absolute atomic E-state index is 5.57. The Morgan fingerprint density at radius 3 is 2.38 bits per heavy atom. The van der Waals surface area contributed by atoms with E-state index in [1.807, 2.05) is 36.0 Å². The fourth-order valence-electron chi connectivity index (χ4n) is 1.37. The van der Waals surface area contributed by atoms with Gasteiger partial charge >= 0.3 is 0 Å². The van der Waals surface area contributed by atoms with E-state index >= 15 is 0 Å². The van der Waals surface area contributed by atoms with Crippen molar-refractivity contribution >= 4 is 11.8 Å². The normalized spacial score (nSPS) is 12.8. The first-order valence-corrected chi connectivity index (χ1v) is 6.44. The van der Waals surface area contributed by atoms with Gasteiger partial charge in [-0.25, -0.2) is 0 Å². The third kappa shape index (κ3) is 4.04. The van der Waals surface area contributed by atoms with Crippen molar-refractivity contribution in [3.8, 4) is 5.75 Å². The van der Waals surface area contributed by atoms with Gasteiger partial charge in [-0.2, -0.15) is 11.8 Å². The largest absolute Gasteiger partial charge is 0.497 e. The Morgan fingerprint density at radius 2 is 1.94 bits per heavy atom. The molecule has 1 aromatic carbocycles.